The second-order valence-corrected chi connectivity index (χ2v) is 5.57. The van der Waals surface area contributed by atoms with Gasteiger partial charge in [0.1, 0.15) is 17.4 Å². The van der Waals surface area contributed by atoms with Gasteiger partial charge in [0.2, 0.25) is 5.91 Å². The number of hydrogen-bond acceptors (Lipinski definition) is 4. The quantitative estimate of drug-likeness (QED) is 0.850. The van der Waals surface area contributed by atoms with Crippen molar-refractivity contribution in [3.8, 4) is 0 Å². The first-order chi connectivity index (χ1) is 11.0. The fourth-order valence-electron chi connectivity index (χ4n) is 2.94. The molecule has 1 atom stereocenters. The number of rotatable bonds is 2. The number of anilines is 1. The van der Waals surface area contributed by atoms with Crippen LogP contribution >= 0.6 is 0 Å². The molecule has 1 aliphatic heterocycles. The van der Waals surface area contributed by atoms with Crippen molar-refractivity contribution < 1.29 is 9.59 Å². The van der Waals surface area contributed by atoms with Crippen molar-refractivity contribution in [1.82, 2.24) is 20.0 Å². The van der Waals surface area contributed by atoms with Crippen LogP contribution in [0, 0.1) is 6.92 Å². The smallest absolute Gasteiger partial charge is 0.260 e. The first-order valence-electron chi connectivity index (χ1n) is 7.43. The molecule has 0 aliphatic carbocycles. The predicted molar refractivity (Wildman–Crippen MR) is 85.6 cm³/mol. The van der Waals surface area contributed by atoms with Crippen LogP contribution in [0.2, 0.25) is 0 Å². The number of amides is 2. The number of hydrogen-bond donors (Lipinski definition) is 2. The second-order valence-electron chi connectivity index (χ2n) is 5.57. The van der Waals surface area contributed by atoms with Crippen molar-refractivity contribution in [1.29, 1.82) is 0 Å². The van der Waals surface area contributed by atoms with E-state index >= 15 is 0 Å². The summed E-state index contributed by atoms with van der Waals surface area (Å²) in [6.45, 7) is 2.59. The van der Waals surface area contributed by atoms with E-state index < -0.39 is 6.04 Å². The Morgan fingerprint density at radius 2 is 2.04 bits per heavy atom. The lowest BCUT2D eigenvalue weighted by Crippen LogP contribution is -2.52. The molecule has 2 heterocycles. The number of nitrogens with one attached hydrogen (secondary N) is 1. The summed E-state index contributed by atoms with van der Waals surface area (Å²) in [5.41, 5.74) is 7.69. The van der Waals surface area contributed by atoms with E-state index in [0.29, 0.717) is 30.2 Å². The largest absolute Gasteiger partial charge is 0.383 e. The van der Waals surface area contributed by atoms with E-state index in [1.165, 1.54) is 4.68 Å². The molecular formula is C16H19N5O2. The second kappa shape index (κ2) is 5.75. The van der Waals surface area contributed by atoms with Gasteiger partial charge in [-0.25, -0.2) is 0 Å². The molecule has 1 fully saturated rings. The lowest BCUT2D eigenvalue weighted by Gasteiger charge is -2.35. The molecular weight excluding hydrogens is 294 g/mol. The van der Waals surface area contributed by atoms with Gasteiger partial charge < -0.3 is 16.0 Å². The van der Waals surface area contributed by atoms with Crippen LogP contribution in [-0.2, 0) is 11.8 Å². The molecule has 7 nitrogen and oxygen atoms in total. The van der Waals surface area contributed by atoms with Crippen LogP contribution in [0.3, 0.4) is 0 Å². The molecule has 3 rings (SSSR count). The molecule has 7 heteroatoms. The van der Waals surface area contributed by atoms with Crippen molar-refractivity contribution in [3.05, 3.63) is 47.2 Å². The van der Waals surface area contributed by atoms with Gasteiger partial charge in [-0.2, -0.15) is 5.10 Å². The molecule has 0 bridgehead atoms. The zero-order valence-corrected chi connectivity index (χ0v) is 13.1. The van der Waals surface area contributed by atoms with Crippen LogP contribution in [0.4, 0.5) is 5.82 Å². The first-order valence-corrected chi connectivity index (χ1v) is 7.43. The number of benzene rings is 1. The fraction of sp³-hybridized carbons (Fsp3) is 0.312. The molecule has 0 spiro atoms. The maximum absolute atomic E-state index is 13.0. The molecule has 1 aromatic heterocycles. The lowest BCUT2D eigenvalue weighted by atomic mass is 10.0. The zero-order valence-electron chi connectivity index (χ0n) is 13.1. The van der Waals surface area contributed by atoms with Crippen LogP contribution in [0.1, 0.15) is 27.7 Å². The fourth-order valence-corrected chi connectivity index (χ4v) is 2.94. The third-order valence-corrected chi connectivity index (χ3v) is 4.07. The Hall–Kier alpha value is -2.83. The average molecular weight is 313 g/mol. The van der Waals surface area contributed by atoms with Gasteiger partial charge in [-0.3, -0.25) is 14.3 Å². The maximum Gasteiger partial charge on any atom is 0.260 e. The van der Waals surface area contributed by atoms with Crippen molar-refractivity contribution in [2.75, 3.05) is 18.8 Å². The zero-order chi connectivity index (χ0) is 16.6. The van der Waals surface area contributed by atoms with Gasteiger partial charge in [0.25, 0.3) is 5.91 Å². The Morgan fingerprint density at radius 3 is 2.65 bits per heavy atom. The molecule has 1 unspecified atom stereocenters. The summed E-state index contributed by atoms with van der Waals surface area (Å²) in [5.74, 6) is -0.141. The van der Waals surface area contributed by atoms with E-state index in [4.69, 9.17) is 5.73 Å². The van der Waals surface area contributed by atoms with E-state index in [9.17, 15) is 9.59 Å². The highest BCUT2D eigenvalue weighted by Crippen LogP contribution is 2.27. The summed E-state index contributed by atoms with van der Waals surface area (Å²) in [5, 5.41) is 7.00. The summed E-state index contributed by atoms with van der Waals surface area (Å²) in [4.78, 5) is 26.9. The molecule has 0 radical (unpaired) electrons. The SMILES string of the molecule is Cc1nn(C)c(N)c1C(=O)N1CCNC(=O)C1c1ccccc1. The van der Waals surface area contributed by atoms with Crippen molar-refractivity contribution >= 4 is 17.6 Å². The van der Waals surface area contributed by atoms with Crippen LogP contribution in [0.15, 0.2) is 30.3 Å². The Morgan fingerprint density at radius 1 is 1.35 bits per heavy atom. The standard InChI is InChI=1S/C16H19N5O2/c1-10-12(14(17)20(2)19-10)16(23)21-9-8-18-15(22)13(21)11-6-4-3-5-7-11/h3-7,13H,8-9,17H2,1-2H3,(H,18,22). The number of carbonyl (C=O) groups excluding carboxylic acids is 2. The van der Waals surface area contributed by atoms with E-state index in [1.807, 2.05) is 30.3 Å². The minimum absolute atomic E-state index is 0.184. The number of carbonyl (C=O) groups is 2. The molecule has 0 saturated carbocycles. The highest BCUT2D eigenvalue weighted by atomic mass is 16.2. The number of piperazine rings is 1. The first kappa shape index (κ1) is 15.1. The van der Waals surface area contributed by atoms with Crippen LogP contribution in [-0.4, -0.2) is 39.6 Å². The number of nitrogens with zero attached hydrogens (tertiary/aromatic N) is 3. The predicted octanol–water partition coefficient (Wildman–Crippen LogP) is 0.624. The number of aromatic nitrogens is 2. The highest BCUT2D eigenvalue weighted by molar-refractivity contribution is 6.02. The summed E-state index contributed by atoms with van der Waals surface area (Å²) in [7, 11) is 1.69. The highest BCUT2D eigenvalue weighted by Gasteiger charge is 2.36. The number of nitrogens with two attached hydrogens (primary N) is 1. The van der Waals surface area contributed by atoms with E-state index in [2.05, 4.69) is 10.4 Å². The molecule has 120 valence electrons. The Kier molecular flexibility index (Phi) is 3.77. The minimum atomic E-state index is -0.656. The molecule has 2 aromatic rings. The van der Waals surface area contributed by atoms with E-state index in [1.54, 1.807) is 18.9 Å². The van der Waals surface area contributed by atoms with E-state index in [0.717, 1.165) is 5.56 Å². The third kappa shape index (κ3) is 2.54. The van der Waals surface area contributed by atoms with Crippen LogP contribution in [0.25, 0.3) is 0 Å². The van der Waals surface area contributed by atoms with Crippen molar-refractivity contribution in [3.63, 3.8) is 0 Å². The Balaban J connectivity index is 2.02. The molecule has 1 saturated heterocycles. The van der Waals surface area contributed by atoms with Gasteiger partial charge in [0, 0.05) is 20.1 Å². The van der Waals surface area contributed by atoms with Gasteiger partial charge in [-0.15, -0.1) is 0 Å². The van der Waals surface area contributed by atoms with Crippen molar-refractivity contribution in [2.45, 2.75) is 13.0 Å². The van der Waals surface area contributed by atoms with Crippen LogP contribution < -0.4 is 11.1 Å². The van der Waals surface area contributed by atoms with Gasteiger partial charge >= 0.3 is 0 Å². The van der Waals surface area contributed by atoms with Crippen molar-refractivity contribution in [2.24, 2.45) is 7.05 Å². The number of aryl methyl sites for hydroxylation is 2. The molecule has 2 amide bonds. The summed E-state index contributed by atoms with van der Waals surface area (Å²) in [6, 6.07) is 8.61. The summed E-state index contributed by atoms with van der Waals surface area (Å²) >= 11 is 0. The monoisotopic (exact) mass is 313 g/mol. The van der Waals surface area contributed by atoms with Gasteiger partial charge in [0.05, 0.1) is 5.69 Å². The van der Waals surface area contributed by atoms with Gasteiger partial charge in [0.15, 0.2) is 0 Å². The number of nitrogen functional groups attached to an aromatic ring is 1. The minimum Gasteiger partial charge on any atom is -0.383 e. The molecule has 1 aromatic carbocycles. The Bertz CT molecular complexity index is 753. The topological polar surface area (TPSA) is 93.2 Å². The van der Waals surface area contributed by atoms with Gasteiger partial charge in [-0.1, -0.05) is 30.3 Å². The Labute approximate surface area is 134 Å². The summed E-state index contributed by atoms with van der Waals surface area (Å²) in [6.07, 6.45) is 0. The average Bonchev–Trinajstić information content (AvgIpc) is 2.80. The van der Waals surface area contributed by atoms with Gasteiger partial charge in [-0.05, 0) is 12.5 Å². The normalized spacial score (nSPS) is 17.9. The maximum atomic E-state index is 13.0. The van der Waals surface area contributed by atoms with E-state index in [-0.39, 0.29) is 11.8 Å². The third-order valence-electron chi connectivity index (χ3n) is 4.07. The molecule has 3 N–H and O–H groups in total. The van der Waals surface area contributed by atoms with Crippen LogP contribution in [0.5, 0.6) is 0 Å². The summed E-state index contributed by atoms with van der Waals surface area (Å²) < 4.78 is 1.48. The molecule has 23 heavy (non-hydrogen) atoms. The lowest BCUT2D eigenvalue weighted by molar-refractivity contribution is -0.128. The molecule has 1 aliphatic rings.